The summed E-state index contributed by atoms with van der Waals surface area (Å²) in [5, 5.41) is 14.6. The molecule has 0 fully saturated rings. The highest BCUT2D eigenvalue weighted by molar-refractivity contribution is 5.59. The van der Waals surface area contributed by atoms with Crippen LogP contribution in [0.25, 0.3) is 5.69 Å². The Hall–Kier alpha value is -2.37. The maximum atomic E-state index is 10.8. The van der Waals surface area contributed by atoms with Crippen molar-refractivity contribution >= 4 is 11.4 Å². The van der Waals surface area contributed by atoms with E-state index in [4.69, 9.17) is 5.73 Å². The van der Waals surface area contributed by atoms with Gasteiger partial charge in [0, 0.05) is 24.0 Å². The van der Waals surface area contributed by atoms with Crippen molar-refractivity contribution < 1.29 is 4.92 Å². The number of aromatic nitrogens is 2. The topological polar surface area (TPSA) is 87.0 Å². The van der Waals surface area contributed by atoms with Gasteiger partial charge in [-0.25, -0.2) is 4.68 Å². The van der Waals surface area contributed by atoms with Crippen LogP contribution in [0.5, 0.6) is 0 Å². The van der Waals surface area contributed by atoms with E-state index < -0.39 is 4.92 Å². The number of anilines is 1. The van der Waals surface area contributed by atoms with Gasteiger partial charge in [-0.2, -0.15) is 5.10 Å². The van der Waals surface area contributed by atoms with Gasteiger partial charge >= 0.3 is 0 Å². The Kier molecular flexibility index (Phi) is 2.09. The van der Waals surface area contributed by atoms with Gasteiger partial charge in [-0.05, 0) is 12.1 Å². The minimum atomic E-state index is -0.493. The summed E-state index contributed by atoms with van der Waals surface area (Å²) in [5.41, 5.74) is 6.12. The molecule has 1 heterocycles. The molecule has 0 saturated heterocycles. The minimum Gasteiger partial charge on any atom is -0.399 e. The van der Waals surface area contributed by atoms with Gasteiger partial charge < -0.3 is 5.73 Å². The molecule has 0 spiro atoms. The van der Waals surface area contributed by atoms with Crippen LogP contribution in [0.4, 0.5) is 11.4 Å². The van der Waals surface area contributed by atoms with Crippen molar-refractivity contribution in [3.63, 3.8) is 0 Å². The lowest BCUT2D eigenvalue weighted by Gasteiger charge is -2.03. The minimum absolute atomic E-state index is 0.0768. The summed E-state index contributed by atoms with van der Waals surface area (Å²) in [7, 11) is 0. The van der Waals surface area contributed by atoms with E-state index in [1.807, 2.05) is 0 Å². The van der Waals surface area contributed by atoms with Gasteiger partial charge in [0.15, 0.2) is 0 Å². The fourth-order valence-corrected chi connectivity index (χ4v) is 1.24. The molecule has 1 aromatic heterocycles. The molecule has 6 heteroatoms. The molecule has 75 valence electrons. The highest BCUT2D eigenvalue weighted by Gasteiger charge is 2.15. The third kappa shape index (κ3) is 1.64. The highest BCUT2D eigenvalue weighted by Crippen LogP contribution is 2.24. The van der Waals surface area contributed by atoms with Gasteiger partial charge in [0.05, 0.1) is 11.1 Å². The van der Waals surface area contributed by atoms with Crippen LogP contribution in [-0.2, 0) is 0 Å². The van der Waals surface area contributed by atoms with Gasteiger partial charge in [-0.1, -0.05) is 0 Å². The second kappa shape index (κ2) is 3.41. The van der Waals surface area contributed by atoms with E-state index in [1.54, 1.807) is 12.1 Å². The van der Waals surface area contributed by atoms with E-state index in [0.29, 0.717) is 11.4 Å². The molecule has 6 nitrogen and oxygen atoms in total. The monoisotopic (exact) mass is 203 g/mol. The third-order valence-corrected chi connectivity index (χ3v) is 1.90. The van der Waals surface area contributed by atoms with Crippen molar-refractivity contribution in [2.45, 2.75) is 0 Å². The number of nitrogens with two attached hydrogens (primary N) is 1. The van der Waals surface area contributed by atoms with Crippen LogP contribution in [-0.4, -0.2) is 14.7 Å². The first kappa shape index (κ1) is 9.20. The summed E-state index contributed by atoms with van der Waals surface area (Å²) >= 11 is 0. The zero-order valence-electron chi connectivity index (χ0n) is 7.62. The Labute approximate surface area is 85.1 Å². The van der Waals surface area contributed by atoms with Crippen molar-refractivity contribution in [1.82, 2.24) is 9.78 Å². The van der Waals surface area contributed by atoms with Crippen molar-refractivity contribution in [3.8, 4) is 5.69 Å². The number of nitro groups is 1. The molecule has 0 saturated carbocycles. The number of hydrogen-bond acceptors (Lipinski definition) is 4. The molecule has 2 aromatic rings. The van der Waals surface area contributed by atoms with E-state index in [9.17, 15) is 10.1 Å². The molecule has 0 amide bonds. The van der Waals surface area contributed by atoms with Crippen LogP contribution in [0.15, 0.2) is 30.6 Å². The lowest BCUT2D eigenvalue weighted by Crippen LogP contribution is -2.01. The van der Waals surface area contributed by atoms with Crippen LogP contribution in [0.2, 0.25) is 0 Å². The Morgan fingerprint density at radius 2 is 2.33 bits per heavy atom. The molecule has 2 N–H and O–H groups in total. The summed E-state index contributed by atoms with van der Waals surface area (Å²) in [4.78, 5) is 10.3. The predicted molar refractivity (Wildman–Crippen MR) is 53.5 cm³/mol. The largest absolute Gasteiger partial charge is 0.399 e. The molecule has 1 aromatic carbocycles. The molecule has 15 heavy (non-hydrogen) atoms. The van der Waals surface area contributed by atoms with E-state index in [0.717, 1.165) is 0 Å². The van der Waals surface area contributed by atoms with Gasteiger partial charge in [-0.3, -0.25) is 10.1 Å². The van der Waals surface area contributed by atoms with Crippen LogP contribution in [0, 0.1) is 16.2 Å². The third-order valence-electron chi connectivity index (χ3n) is 1.90. The van der Waals surface area contributed by atoms with Crippen molar-refractivity contribution in [1.29, 1.82) is 0 Å². The number of nitrogen functional groups attached to an aromatic ring is 1. The first-order chi connectivity index (χ1) is 7.18. The molecule has 2 rings (SSSR count). The Balaban J connectivity index is 2.61. The quantitative estimate of drug-likeness (QED) is 0.450. The van der Waals surface area contributed by atoms with E-state index in [-0.39, 0.29) is 5.69 Å². The van der Waals surface area contributed by atoms with Crippen molar-refractivity contribution in [2.24, 2.45) is 0 Å². The summed E-state index contributed by atoms with van der Waals surface area (Å²) in [6.07, 6.45) is 2.94. The molecule has 0 aliphatic carbocycles. The van der Waals surface area contributed by atoms with E-state index in [1.165, 1.54) is 23.1 Å². The fourth-order valence-electron chi connectivity index (χ4n) is 1.24. The molecule has 0 bridgehead atoms. The second-order valence-electron chi connectivity index (χ2n) is 2.89. The number of hydrogen-bond donors (Lipinski definition) is 1. The lowest BCUT2D eigenvalue weighted by molar-refractivity contribution is -0.384. The van der Waals surface area contributed by atoms with E-state index in [2.05, 4.69) is 11.2 Å². The average molecular weight is 203 g/mol. The Morgan fingerprint density at radius 3 is 2.93 bits per heavy atom. The Bertz CT molecular complexity index is 493. The molecule has 0 unspecified atom stereocenters. The highest BCUT2D eigenvalue weighted by atomic mass is 16.6. The number of benzene rings is 1. The maximum absolute atomic E-state index is 10.8. The maximum Gasteiger partial charge on any atom is 0.296 e. The summed E-state index contributed by atoms with van der Waals surface area (Å²) < 4.78 is 1.37. The van der Waals surface area contributed by atoms with Crippen molar-refractivity contribution in [2.75, 3.05) is 5.73 Å². The zero-order valence-corrected chi connectivity index (χ0v) is 7.62. The van der Waals surface area contributed by atoms with Crippen LogP contribution in [0.1, 0.15) is 0 Å². The van der Waals surface area contributed by atoms with Crippen molar-refractivity contribution in [3.05, 3.63) is 46.8 Å². The number of nitro benzene ring substituents is 1. The van der Waals surface area contributed by atoms with Gasteiger partial charge in [0.1, 0.15) is 5.69 Å². The molecule has 0 aliphatic rings. The van der Waals surface area contributed by atoms with Gasteiger partial charge in [-0.15, -0.1) is 0 Å². The summed E-state index contributed by atoms with van der Waals surface area (Å²) in [5.74, 6) is 0. The molecular weight excluding hydrogens is 196 g/mol. The lowest BCUT2D eigenvalue weighted by atomic mass is 10.2. The number of nitrogens with zero attached hydrogens (tertiary/aromatic N) is 3. The summed E-state index contributed by atoms with van der Waals surface area (Å²) in [6, 6.07) is 7.15. The van der Waals surface area contributed by atoms with Crippen LogP contribution in [0.3, 0.4) is 0 Å². The first-order valence-electron chi connectivity index (χ1n) is 4.13. The van der Waals surface area contributed by atoms with Gasteiger partial charge in [0.25, 0.3) is 5.69 Å². The first-order valence-corrected chi connectivity index (χ1v) is 4.13. The zero-order chi connectivity index (χ0) is 10.8. The smallest absolute Gasteiger partial charge is 0.296 e. The molecule has 0 atom stereocenters. The predicted octanol–water partition coefficient (Wildman–Crippen LogP) is 1.16. The Morgan fingerprint density at radius 1 is 1.53 bits per heavy atom. The average Bonchev–Trinajstić information content (AvgIpc) is 2.70. The second-order valence-corrected chi connectivity index (χ2v) is 2.89. The van der Waals surface area contributed by atoms with Gasteiger partial charge in [0.2, 0.25) is 0 Å². The molecule has 0 aliphatic heterocycles. The van der Waals surface area contributed by atoms with E-state index >= 15 is 0 Å². The van der Waals surface area contributed by atoms with Crippen LogP contribution >= 0.6 is 0 Å². The fraction of sp³-hybridized carbons (Fsp3) is 0. The normalized spacial score (nSPS) is 10.1. The standard InChI is InChI=1S/C9H7N4O2/c10-7-2-3-8(9(6-7)13(14)15)12-5-1-4-11-12/h2-6H,10H2. The SMILES string of the molecule is Nc1ccc(-n2c[c]cn2)c([N+](=O)[O-])c1. The van der Waals surface area contributed by atoms with Crippen LogP contribution < -0.4 is 5.73 Å². The molecular formula is C9H7N4O2. The number of rotatable bonds is 2. The summed E-state index contributed by atoms with van der Waals surface area (Å²) in [6.45, 7) is 0. The molecule has 1 radical (unpaired) electrons.